The average Bonchev–Trinajstić information content (AvgIpc) is 2.55. The van der Waals surface area contributed by atoms with Gasteiger partial charge in [0.15, 0.2) is 11.4 Å². The number of halogens is 2. The molecule has 1 N–H and O–H groups in total. The SMILES string of the molecule is CC(C)(C)C(=O)Oc1c(-c2c(Cl)cncc2Cl)c(=O)[nH]c2nccnc12. The largest absolute Gasteiger partial charge is 0.423 e. The number of pyridine rings is 2. The molecule has 0 aromatic carbocycles. The molecule has 0 amide bonds. The minimum Gasteiger partial charge on any atom is -0.423 e. The molecule has 0 spiro atoms. The van der Waals surface area contributed by atoms with Crippen LogP contribution in [0.25, 0.3) is 22.3 Å². The quantitative estimate of drug-likeness (QED) is 0.668. The maximum absolute atomic E-state index is 12.7. The highest BCUT2D eigenvalue weighted by molar-refractivity contribution is 6.39. The molecule has 0 saturated carbocycles. The molecular weight excluding hydrogens is 379 g/mol. The van der Waals surface area contributed by atoms with Crippen molar-refractivity contribution >= 4 is 40.3 Å². The first-order chi connectivity index (χ1) is 12.2. The number of nitrogens with one attached hydrogen (secondary N) is 1. The van der Waals surface area contributed by atoms with Crippen LogP contribution in [0.1, 0.15) is 20.8 Å². The monoisotopic (exact) mass is 392 g/mol. The number of aromatic nitrogens is 4. The Labute approximate surface area is 158 Å². The number of H-pyrrole nitrogens is 1. The van der Waals surface area contributed by atoms with Crippen molar-refractivity contribution in [2.75, 3.05) is 0 Å². The molecule has 0 aliphatic heterocycles. The van der Waals surface area contributed by atoms with Crippen molar-refractivity contribution in [3.63, 3.8) is 0 Å². The maximum Gasteiger partial charge on any atom is 0.316 e. The summed E-state index contributed by atoms with van der Waals surface area (Å²) >= 11 is 12.4. The normalized spacial score (nSPS) is 11.6. The van der Waals surface area contributed by atoms with E-state index in [1.807, 2.05) is 0 Å². The second-order valence-corrected chi connectivity index (χ2v) is 7.34. The fraction of sp³-hybridized carbons (Fsp3) is 0.235. The fourth-order valence-electron chi connectivity index (χ4n) is 2.21. The Morgan fingerprint density at radius 2 is 1.69 bits per heavy atom. The van der Waals surface area contributed by atoms with Gasteiger partial charge in [-0.05, 0) is 20.8 Å². The van der Waals surface area contributed by atoms with Crippen LogP contribution in [0.5, 0.6) is 5.75 Å². The van der Waals surface area contributed by atoms with Gasteiger partial charge in [0, 0.05) is 30.4 Å². The molecule has 26 heavy (non-hydrogen) atoms. The summed E-state index contributed by atoms with van der Waals surface area (Å²) in [5, 5.41) is 0.276. The molecule has 0 radical (unpaired) electrons. The van der Waals surface area contributed by atoms with Crippen molar-refractivity contribution in [3.05, 3.63) is 45.2 Å². The van der Waals surface area contributed by atoms with Crippen LogP contribution >= 0.6 is 23.2 Å². The molecule has 0 aliphatic carbocycles. The molecule has 0 saturated heterocycles. The van der Waals surface area contributed by atoms with Crippen LogP contribution < -0.4 is 10.3 Å². The third kappa shape index (κ3) is 3.27. The Morgan fingerprint density at radius 1 is 1.08 bits per heavy atom. The lowest BCUT2D eigenvalue weighted by Gasteiger charge is -2.19. The third-order valence-corrected chi connectivity index (χ3v) is 4.08. The van der Waals surface area contributed by atoms with E-state index in [0.29, 0.717) is 0 Å². The molecule has 0 atom stereocenters. The van der Waals surface area contributed by atoms with Gasteiger partial charge in [-0.3, -0.25) is 14.6 Å². The van der Waals surface area contributed by atoms with Crippen LogP contribution in [-0.2, 0) is 4.79 Å². The van der Waals surface area contributed by atoms with Gasteiger partial charge in [0.1, 0.15) is 5.52 Å². The van der Waals surface area contributed by atoms with Gasteiger partial charge in [0.25, 0.3) is 5.56 Å². The van der Waals surface area contributed by atoms with Crippen LogP contribution in [0.15, 0.2) is 29.6 Å². The van der Waals surface area contributed by atoms with Crippen LogP contribution in [0.4, 0.5) is 0 Å². The Hall–Kier alpha value is -2.51. The van der Waals surface area contributed by atoms with Gasteiger partial charge in [-0.1, -0.05) is 23.2 Å². The van der Waals surface area contributed by atoms with E-state index in [1.54, 1.807) is 20.8 Å². The van der Waals surface area contributed by atoms with E-state index >= 15 is 0 Å². The van der Waals surface area contributed by atoms with Gasteiger partial charge in [0.05, 0.1) is 21.0 Å². The molecule has 0 fully saturated rings. The van der Waals surface area contributed by atoms with Gasteiger partial charge < -0.3 is 9.72 Å². The van der Waals surface area contributed by atoms with Crippen molar-refractivity contribution in [1.82, 2.24) is 19.9 Å². The lowest BCUT2D eigenvalue weighted by molar-refractivity contribution is -0.142. The lowest BCUT2D eigenvalue weighted by atomic mass is 9.97. The summed E-state index contributed by atoms with van der Waals surface area (Å²) in [6.45, 7) is 5.09. The van der Waals surface area contributed by atoms with Crippen molar-refractivity contribution in [2.45, 2.75) is 20.8 Å². The Balaban J connectivity index is 2.39. The molecule has 3 aromatic heterocycles. The van der Waals surface area contributed by atoms with E-state index in [1.165, 1.54) is 24.8 Å². The van der Waals surface area contributed by atoms with Crippen LogP contribution in [0.3, 0.4) is 0 Å². The number of nitrogens with zero attached hydrogens (tertiary/aromatic N) is 3. The van der Waals surface area contributed by atoms with Gasteiger partial charge in [-0.2, -0.15) is 0 Å². The predicted molar refractivity (Wildman–Crippen MR) is 98.5 cm³/mol. The highest BCUT2D eigenvalue weighted by atomic mass is 35.5. The number of hydrogen-bond acceptors (Lipinski definition) is 6. The zero-order chi connectivity index (χ0) is 19.1. The minimum atomic E-state index is -0.805. The molecule has 134 valence electrons. The van der Waals surface area contributed by atoms with Crippen LogP contribution in [0.2, 0.25) is 10.0 Å². The van der Waals surface area contributed by atoms with Gasteiger partial charge >= 0.3 is 5.97 Å². The highest BCUT2D eigenvalue weighted by Gasteiger charge is 2.29. The number of fused-ring (bicyclic) bond motifs is 1. The first kappa shape index (κ1) is 18.3. The molecule has 7 nitrogen and oxygen atoms in total. The van der Waals surface area contributed by atoms with Gasteiger partial charge in [-0.15, -0.1) is 0 Å². The summed E-state index contributed by atoms with van der Waals surface area (Å²) < 4.78 is 5.57. The summed E-state index contributed by atoms with van der Waals surface area (Å²) in [6, 6.07) is 0. The Bertz CT molecular complexity index is 1050. The van der Waals surface area contributed by atoms with E-state index in [0.717, 1.165) is 0 Å². The number of carbonyl (C=O) groups is 1. The number of hydrogen-bond donors (Lipinski definition) is 1. The molecule has 0 aliphatic rings. The summed E-state index contributed by atoms with van der Waals surface area (Å²) in [7, 11) is 0. The van der Waals surface area contributed by atoms with E-state index in [-0.39, 0.29) is 38.1 Å². The second-order valence-electron chi connectivity index (χ2n) is 6.53. The van der Waals surface area contributed by atoms with Gasteiger partial charge in [-0.25, -0.2) is 9.97 Å². The standard InChI is InChI=1S/C17H14Cl2N4O3/c1-17(2,3)16(25)26-13-11(10-8(18)6-20-7-9(10)19)15(24)23-14-12(13)21-4-5-22-14/h4-7H,1-3H3,(H,22,23,24). The zero-order valence-corrected chi connectivity index (χ0v) is 15.6. The number of aromatic amines is 1. The van der Waals surface area contributed by atoms with Crippen molar-refractivity contribution in [2.24, 2.45) is 5.41 Å². The molecule has 3 aromatic rings. The van der Waals surface area contributed by atoms with E-state index < -0.39 is 16.9 Å². The van der Waals surface area contributed by atoms with Crippen molar-refractivity contribution < 1.29 is 9.53 Å². The van der Waals surface area contributed by atoms with Crippen LogP contribution in [-0.4, -0.2) is 25.9 Å². The number of carbonyl (C=O) groups excluding carboxylic acids is 1. The Morgan fingerprint density at radius 3 is 2.31 bits per heavy atom. The molecule has 0 bridgehead atoms. The second kappa shape index (κ2) is 6.66. The molecule has 0 unspecified atom stereocenters. The van der Waals surface area contributed by atoms with Crippen molar-refractivity contribution in [1.29, 1.82) is 0 Å². The number of esters is 1. The first-order valence-corrected chi connectivity index (χ1v) is 8.34. The number of rotatable bonds is 2. The average molecular weight is 393 g/mol. The topological polar surface area (TPSA) is 97.8 Å². The number of ether oxygens (including phenoxy) is 1. The van der Waals surface area contributed by atoms with E-state index in [4.69, 9.17) is 27.9 Å². The highest BCUT2D eigenvalue weighted by Crippen LogP contribution is 2.39. The van der Waals surface area contributed by atoms with Crippen molar-refractivity contribution in [3.8, 4) is 16.9 Å². The minimum absolute atomic E-state index is 0.00648. The maximum atomic E-state index is 12.7. The zero-order valence-electron chi connectivity index (χ0n) is 14.1. The molecule has 9 heteroatoms. The lowest BCUT2D eigenvalue weighted by Crippen LogP contribution is -2.27. The summed E-state index contributed by atoms with van der Waals surface area (Å²) in [5.74, 6) is -0.593. The van der Waals surface area contributed by atoms with Crippen LogP contribution in [0, 0.1) is 5.41 Å². The Kier molecular flexibility index (Phi) is 4.68. The summed E-state index contributed by atoms with van der Waals surface area (Å²) in [5.41, 5.74) is -0.783. The summed E-state index contributed by atoms with van der Waals surface area (Å²) in [4.78, 5) is 40.0. The summed E-state index contributed by atoms with van der Waals surface area (Å²) in [6.07, 6.45) is 5.53. The molecule has 3 heterocycles. The fourth-order valence-corrected chi connectivity index (χ4v) is 2.76. The first-order valence-electron chi connectivity index (χ1n) is 7.59. The van der Waals surface area contributed by atoms with E-state index in [2.05, 4.69) is 19.9 Å². The molecular formula is C17H14Cl2N4O3. The smallest absolute Gasteiger partial charge is 0.316 e. The molecule has 3 rings (SSSR count). The van der Waals surface area contributed by atoms with Gasteiger partial charge in [0.2, 0.25) is 0 Å². The van der Waals surface area contributed by atoms with E-state index in [9.17, 15) is 9.59 Å². The predicted octanol–water partition coefficient (Wildman–Crippen LogP) is 3.64. The third-order valence-electron chi connectivity index (χ3n) is 3.51.